The molecule has 2 rings (SSSR count). The van der Waals surface area contributed by atoms with Crippen LogP contribution in [0.1, 0.15) is 25.0 Å². The third kappa shape index (κ3) is 1.29. The van der Waals surface area contributed by atoms with Crippen molar-refractivity contribution in [3.63, 3.8) is 0 Å². The van der Waals surface area contributed by atoms with Crippen molar-refractivity contribution in [2.24, 2.45) is 0 Å². The molecule has 0 aliphatic rings. The fourth-order valence-electron chi connectivity index (χ4n) is 1.33. The zero-order valence-electron chi connectivity index (χ0n) is 7.38. The maximum atomic E-state index is 9.64. The topological polar surface area (TPSA) is 50.4 Å². The molecule has 4 nitrogen and oxygen atoms in total. The van der Waals surface area contributed by atoms with Crippen molar-refractivity contribution >= 4 is 5.52 Å². The van der Waals surface area contributed by atoms with E-state index in [1.807, 2.05) is 6.92 Å². The Morgan fingerprint density at radius 2 is 2.38 bits per heavy atom. The lowest BCUT2D eigenvalue weighted by atomic mass is 10.1. The van der Waals surface area contributed by atoms with E-state index in [2.05, 4.69) is 10.1 Å². The lowest BCUT2D eigenvalue weighted by molar-refractivity contribution is 0.175. The molecule has 0 aromatic carbocycles. The summed E-state index contributed by atoms with van der Waals surface area (Å²) >= 11 is 0. The molecular weight excluding hydrogens is 166 g/mol. The van der Waals surface area contributed by atoms with Crippen molar-refractivity contribution < 1.29 is 5.11 Å². The monoisotopic (exact) mass is 177 g/mol. The van der Waals surface area contributed by atoms with Gasteiger partial charge in [-0.1, -0.05) is 6.92 Å². The summed E-state index contributed by atoms with van der Waals surface area (Å²) in [6.45, 7) is 1.94. The van der Waals surface area contributed by atoms with Crippen molar-refractivity contribution in [3.8, 4) is 0 Å². The van der Waals surface area contributed by atoms with Crippen LogP contribution in [0.3, 0.4) is 0 Å². The van der Waals surface area contributed by atoms with Gasteiger partial charge in [-0.05, 0) is 6.42 Å². The van der Waals surface area contributed by atoms with Gasteiger partial charge in [-0.15, -0.1) is 0 Å². The highest BCUT2D eigenvalue weighted by molar-refractivity contribution is 5.52. The number of fused-ring (bicyclic) bond motifs is 1. The molecule has 2 aromatic heterocycles. The van der Waals surface area contributed by atoms with Crippen LogP contribution in [0.4, 0.5) is 0 Å². The number of rotatable bonds is 2. The first-order valence-electron chi connectivity index (χ1n) is 4.28. The van der Waals surface area contributed by atoms with E-state index in [0.717, 1.165) is 11.1 Å². The lowest BCUT2D eigenvalue weighted by Crippen LogP contribution is -1.94. The van der Waals surface area contributed by atoms with E-state index in [1.165, 1.54) is 0 Å². The molecular formula is C9H11N3O. The van der Waals surface area contributed by atoms with Crippen molar-refractivity contribution in [1.29, 1.82) is 0 Å². The summed E-state index contributed by atoms with van der Waals surface area (Å²) in [6, 6.07) is 0. The van der Waals surface area contributed by atoms with Gasteiger partial charge in [0.25, 0.3) is 0 Å². The average Bonchev–Trinajstić information content (AvgIpc) is 2.60. The predicted octanol–water partition coefficient (Wildman–Crippen LogP) is 1.17. The zero-order valence-corrected chi connectivity index (χ0v) is 7.38. The number of aliphatic hydroxyl groups excluding tert-OH is 1. The number of nitrogens with zero attached hydrogens (tertiary/aromatic N) is 3. The number of aromatic nitrogens is 3. The fraction of sp³-hybridized carbons (Fsp3) is 0.333. The highest BCUT2D eigenvalue weighted by Gasteiger charge is 2.10. The van der Waals surface area contributed by atoms with Crippen LogP contribution in [0.25, 0.3) is 5.52 Å². The average molecular weight is 177 g/mol. The highest BCUT2D eigenvalue weighted by Crippen LogP contribution is 2.20. The second-order valence-electron chi connectivity index (χ2n) is 2.93. The van der Waals surface area contributed by atoms with E-state index in [0.29, 0.717) is 6.42 Å². The lowest BCUT2D eigenvalue weighted by Gasteiger charge is -2.03. The summed E-state index contributed by atoms with van der Waals surface area (Å²) in [5, 5.41) is 13.7. The first-order chi connectivity index (χ1) is 6.33. The Bertz CT molecular complexity index is 410. The Kier molecular flexibility index (Phi) is 1.98. The van der Waals surface area contributed by atoms with Gasteiger partial charge in [0.1, 0.15) is 0 Å². The molecule has 0 fully saturated rings. The molecule has 68 valence electrons. The van der Waals surface area contributed by atoms with Crippen molar-refractivity contribution in [2.75, 3.05) is 0 Å². The Morgan fingerprint density at radius 3 is 3.15 bits per heavy atom. The van der Waals surface area contributed by atoms with Crippen LogP contribution in [0.2, 0.25) is 0 Å². The van der Waals surface area contributed by atoms with E-state index in [9.17, 15) is 5.11 Å². The van der Waals surface area contributed by atoms with Gasteiger partial charge in [-0.2, -0.15) is 5.10 Å². The quantitative estimate of drug-likeness (QED) is 0.749. The van der Waals surface area contributed by atoms with Crippen molar-refractivity contribution in [3.05, 3.63) is 30.4 Å². The first-order valence-corrected chi connectivity index (χ1v) is 4.28. The summed E-state index contributed by atoms with van der Waals surface area (Å²) < 4.78 is 1.71. The molecule has 0 spiro atoms. The molecule has 0 saturated carbocycles. The Balaban J connectivity index is 2.57. The number of hydrogen-bond donors (Lipinski definition) is 1. The summed E-state index contributed by atoms with van der Waals surface area (Å²) in [7, 11) is 0. The predicted molar refractivity (Wildman–Crippen MR) is 48.2 cm³/mol. The molecule has 13 heavy (non-hydrogen) atoms. The summed E-state index contributed by atoms with van der Waals surface area (Å²) in [6.07, 6.45) is 7.08. The molecule has 0 saturated heterocycles. The molecule has 0 aliphatic heterocycles. The van der Waals surface area contributed by atoms with Crippen molar-refractivity contribution in [1.82, 2.24) is 14.6 Å². The molecule has 0 amide bonds. The minimum absolute atomic E-state index is 0.443. The second kappa shape index (κ2) is 3.14. The van der Waals surface area contributed by atoms with E-state index in [-0.39, 0.29) is 0 Å². The van der Waals surface area contributed by atoms with E-state index in [4.69, 9.17) is 0 Å². The normalized spacial score (nSPS) is 13.4. The highest BCUT2D eigenvalue weighted by atomic mass is 16.3. The second-order valence-corrected chi connectivity index (χ2v) is 2.93. The van der Waals surface area contributed by atoms with E-state index in [1.54, 1.807) is 29.3 Å². The number of aliphatic hydroxyl groups is 1. The van der Waals surface area contributed by atoms with Gasteiger partial charge < -0.3 is 5.11 Å². The maximum Gasteiger partial charge on any atom is 0.0902 e. The molecule has 2 heterocycles. The summed E-state index contributed by atoms with van der Waals surface area (Å²) in [5.74, 6) is 0. The smallest absolute Gasteiger partial charge is 0.0902 e. The molecule has 2 aromatic rings. The minimum Gasteiger partial charge on any atom is -0.388 e. The van der Waals surface area contributed by atoms with Gasteiger partial charge in [-0.25, -0.2) is 4.52 Å². The Hall–Kier alpha value is -1.42. The van der Waals surface area contributed by atoms with E-state index >= 15 is 0 Å². The standard InChI is InChI=1S/C9H11N3O/c1-2-9(13)7-5-11-12-4-3-10-6-8(7)12/h3-6,9,13H,2H2,1H3. The van der Waals surface area contributed by atoms with Gasteiger partial charge in [-0.3, -0.25) is 4.98 Å². The third-order valence-corrected chi connectivity index (χ3v) is 2.10. The fourth-order valence-corrected chi connectivity index (χ4v) is 1.33. The van der Waals surface area contributed by atoms with Gasteiger partial charge in [0.15, 0.2) is 0 Å². The first kappa shape index (κ1) is 8.19. The molecule has 0 bridgehead atoms. The van der Waals surface area contributed by atoms with Gasteiger partial charge in [0.05, 0.1) is 24.0 Å². The van der Waals surface area contributed by atoms with Gasteiger partial charge in [0, 0.05) is 18.0 Å². The molecule has 1 unspecified atom stereocenters. The Labute approximate surface area is 75.8 Å². The van der Waals surface area contributed by atoms with Crippen LogP contribution in [0.15, 0.2) is 24.8 Å². The molecule has 1 N–H and O–H groups in total. The molecule has 0 radical (unpaired) electrons. The molecule has 0 aliphatic carbocycles. The third-order valence-electron chi connectivity index (χ3n) is 2.10. The van der Waals surface area contributed by atoms with Crippen molar-refractivity contribution in [2.45, 2.75) is 19.4 Å². The minimum atomic E-state index is -0.443. The van der Waals surface area contributed by atoms with Gasteiger partial charge >= 0.3 is 0 Å². The largest absolute Gasteiger partial charge is 0.388 e. The maximum absolute atomic E-state index is 9.64. The Morgan fingerprint density at radius 1 is 1.54 bits per heavy atom. The van der Waals surface area contributed by atoms with Crippen LogP contribution in [0.5, 0.6) is 0 Å². The number of hydrogen-bond acceptors (Lipinski definition) is 3. The van der Waals surface area contributed by atoms with Gasteiger partial charge in [0.2, 0.25) is 0 Å². The van der Waals surface area contributed by atoms with Crippen LogP contribution in [0, 0.1) is 0 Å². The van der Waals surface area contributed by atoms with Crippen LogP contribution >= 0.6 is 0 Å². The molecule has 4 heteroatoms. The summed E-state index contributed by atoms with van der Waals surface area (Å²) in [5.41, 5.74) is 1.72. The van der Waals surface area contributed by atoms with Crippen LogP contribution < -0.4 is 0 Å². The van der Waals surface area contributed by atoms with Crippen LogP contribution in [-0.4, -0.2) is 19.7 Å². The molecule has 1 atom stereocenters. The summed E-state index contributed by atoms with van der Waals surface area (Å²) in [4.78, 5) is 3.99. The van der Waals surface area contributed by atoms with Crippen LogP contribution in [-0.2, 0) is 0 Å². The SMILES string of the molecule is CCC(O)c1cnn2ccncc12. The zero-order chi connectivity index (χ0) is 9.26. The van der Waals surface area contributed by atoms with E-state index < -0.39 is 6.10 Å².